The molecule has 0 aromatic rings. The van der Waals surface area contributed by atoms with Crippen LogP contribution in [-0.2, 0) is 23.8 Å². The first kappa shape index (κ1) is 40.6. The molecule has 0 heterocycles. The number of rotatable bonds is 19. The van der Waals surface area contributed by atoms with Gasteiger partial charge in [0.25, 0.3) is 0 Å². The van der Waals surface area contributed by atoms with Crippen molar-refractivity contribution in [1.29, 1.82) is 0 Å². The van der Waals surface area contributed by atoms with Crippen molar-refractivity contribution in [2.75, 3.05) is 13.1 Å². The Bertz CT molecular complexity index is 714. The Morgan fingerprint density at radius 1 is 0.634 bits per heavy atom. The van der Waals surface area contributed by atoms with Crippen molar-refractivity contribution in [2.24, 2.45) is 0 Å². The maximum absolute atomic E-state index is 12.1. The highest BCUT2D eigenvalue weighted by atomic mass is 16.6. The number of aliphatic carboxylic acids is 1. The van der Waals surface area contributed by atoms with Gasteiger partial charge in [0.1, 0.15) is 17.3 Å². The number of carboxylic acids is 1. The third-order valence-electron chi connectivity index (χ3n) is 5.52. The van der Waals surface area contributed by atoms with E-state index in [2.05, 4.69) is 24.5 Å². The molecule has 1 unspecified atom stereocenters. The van der Waals surface area contributed by atoms with Crippen LogP contribution in [0.5, 0.6) is 0 Å². The molecule has 0 fully saturated rings. The largest absolute Gasteiger partial charge is 0.481 e. The number of esters is 1. The Labute approximate surface area is 249 Å². The van der Waals surface area contributed by atoms with Gasteiger partial charge in [-0.3, -0.25) is 9.59 Å². The van der Waals surface area contributed by atoms with Gasteiger partial charge in [0.05, 0.1) is 0 Å². The number of alkyl carbamates (subject to hydrolysis) is 2. The third kappa shape index (κ3) is 33.6. The van der Waals surface area contributed by atoms with Gasteiger partial charge in [-0.2, -0.15) is 0 Å². The molecule has 0 saturated heterocycles. The van der Waals surface area contributed by atoms with E-state index in [9.17, 15) is 19.2 Å². The Kier molecular flexibility index (Phi) is 23.9. The van der Waals surface area contributed by atoms with Crippen molar-refractivity contribution in [3.63, 3.8) is 0 Å². The van der Waals surface area contributed by atoms with Gasteiger partial charge in [0.2, 0.25) is 0 Å². The molecule has 0 saturated carbocycles. The lowest BCUT2D eigenvalue weighted by Gasteiger charge is -2.20. The van der Waals surface area contributed by atoms with Crippen molar-refractivity contribution in [3.05, 3.63) is 0 Å². The average Bonchev–Trinajstić information content (AvgIpc) is 2.83. The van der Waals surface area contributed by atoms with Gasteiger partial charge >= 0.3 is 24.1 Å². The fraction of sp³-hybridized carbons (Fsp3) is 0.871. The number of unbranched alkanes of at least 4 members (excludes halogenated alkanes) is 6. The third-order valence-corrected chi connectivity index (χ3v) is 5.52. The molecule has 242 valence electrons. The molecule has 0 spiro atoms. The molecular formula is C31H60N2O8. The SMILES string of the molecule is CC(C)(C)OC(=O)NCCCC(=O)O.CCCCCCCCC(CCCC)OC(=O)CCCNC(=O)OC(C)(C)C. The minimum Gasteiger partial charge on any atom is -0.481 e. The first-order valence-electron chi connectivity index (χ1n) is 15.4. The van der Waals surface area contributed by atoms with Crippen molar-refractivity contribution in [2.45, 2.75) is 163 Å². The number of carbonyl (C=O) groups is 4. The molecule has 2 amide bonds. The molecule has 0 aliphatic rings. The zero-order valence-corrected chi connectivity index (χ0v) is 27.2. The fourth-order valence-electron chi connectivity index (χ4n) is 3.57. The normalized spacial score (nSPS) is 11.9. The highest BCUT2D eigenvalue weighted by Crippen LogP contribution is 2.16. The van der Waals surface area contributed by atoms with Gasteiger partial charge in [0, 0.05) is 25.9 Å². The smallest absolute Gasteiger partial charge is 0.407 e. The van der Waals surface area contributed by atoms with E-state index in [1.165, 1.54) is 32.1 Å². The molecule has 0 rings (SSSR count). The second-order valence-electron chi connectivity index (χ2n) is 12.3. The highest BCUT2D eigenvalue weighted by Gasteiger charge is 2.17. The highest BCUT2D eigenvalue weighted by molar-refractivity contribution is 5.70. The van der Waals surface area contributed by atoms with Crippen LogP contribution in [0.15, 0.2) is 0 Å². The maximum Gasteiger partial charge on any atom is 0.407 e. The maximum atomic E-state index is 12.1. The lowest BCUT2D eigenvalue weighted by molar-refractivity contribution is -0.150. The van der Waals surface area contributed by atoms with E-state index >= 15 is 0 Å². The van der Waals surface area contributed by atoms with Gasteiger partial charge in [-0.15, -0.1) is 0 Å². The van der Waals surface area contributed by atoms with Crippen molar-refractivity contribution in [3.8, 4) is 0 Å². The van der Waals surface area contributed by atoms with E-state index in [4.69, 9.17) is 19.3 Å². The minimum absolute atomic E-state index is 0.0439. The predicted octanol–water partition coefficient (Wildman–Crippen LogP) is 7.52. The van der Waals surface area contributed by atoms with Gasteiger partial charge < -0.3 is 30.0 Å². The summed E-state index contributed by atoms with van der Waals surface area (Å²) < 4.78 is 15.8. The average molecular weight is 589 g/mol. The number of carboxylic acid groups (broad SMARTS) is 1. The molecule has 0 aliphatic carbocycles. The van der Waals surface area contributed by atoms with Crippen LogP contribution >= 0.6 is 0 Å². The van der Waals surface area contributed by atoms with E-state index < -0.39 is 29.4 Å². The van der Waals surface area contributed by atoms with E-state index in [0.29, 0.717) is 32.4 Å². The fourth-order valence-corrected chi connectivity index (χ4v) is 3.57. The summed E-state index contributed by atoms with van der Waals surface area (Å²) in [6, 6.07) is 0. The second-order valence-corrected chi connectivity index (χ2v) is 12.3. The number of carbonyl (C=O) groups excluding carboxylic acids is 3. The van der Waals surface area contributed by atoms with Crippen LogP contribution in [0.2, 0.25) is 0 Å². The van der Waals surface area contributed by atoms with Crippen LogP contribution in [0.4, 0.5) is 9.59 Å². The van der Waals surface area contributed by atoms with Gasteiger partial charge in [0.15, 0.2) is 0 Å². The standard InChI is InChI=1S/C22H43NO4.C9H17NO4/c1-6-8-10-11-12-13-16-19(15-9-7-2)26-20(24)17-14-18-23-21(25)27-22(3,4)5;1-9(2,3)14-8(13)10-6-4-5-7(11)12/h19H,6-18H2,1-5H3,(H,23,25);4-6H2,1-3H3,(H,10,13)(H,11,12). The number of nitrogens with one attached hydrogen (secondary N) is 2. The van der Waals surface area contributed by atoms with Crippen LogP contribution in [0.25, 0.3) is 0 Å². The molecular weight excluding hydrogens is 528 g/mol. The predicted molar refractivity (Wildman–Crippen MR) is 162 cm³/mol. The molecule has 3 N–H and O–H groups in total. The first-order valence-corrected chi connectivity index (χ1v) is 15.4. The minimum atomic E-state index is -0.865. The Morgan fingerprint density at radius 3 is 1.54 bits per heavy atom. The Morgan fingerprint density at radius 2 is 1.07 bits per heavy atom. The molecule has 0 bridgehead atoms. The number of hydrogen-bond acceptors (Lipinski definition) is 7. The molecule has 0 aromatic heterocycles. The summed E-state index contributed by atoms with van der Waals surface area (Å²) in [6.45, 7) is 15.9. The molecule has 10 heteroatoms. The quantitative estimate of drug-likeness (QED) is 0.0799. The van der Waals surface area contributed by atoms with Gasteiger partial charge in [-0.1, -0.05) is 58.8 Å². The summed E-state index contributed by atoms with van der Waals surface area (Å²) in [5, 5.41) is 13.5. The summed E-state index contributed by atoms with van der Waals surface area (Å²) in [5.41, 5.74) is -1.02. The van der Waals surface area contributed by atoms with Crippen LogP contribution in [-0.4, -0.2) is 59.6 Å². The van der Waals surface area contributed by atoms with Crippen LogP contribution in [0.1, 0.15) is 145 Å². The zero-order valence-electron chi connectivity index (χ0n) is 27.2. The summed E-state index contributed by atoms with van der Waals surface area (Å²) in [4.78, 5) is 44.8. The van der Waals surface area contributed by atoms with Crippen molar-refractivity contribution < 1.29 is 38.5 Å². The number of hydrogen-bond donors (Lipinski definition) is 3. The van der Waals surface area contributed by atoms with E-state index in [-0.39, 0.29) is 18.5 Å². The van der Waals surface area contributed by atoms with Crippen molar-refractivity contribution in [1.82, 2.24) is 10.6 Å². The van der Waals surface area contributed by atoms with E-state index in [0.717, 1.165) is 32.1 Å². The van der Waals surface area contributed by atoms with Crippen LogP contribution in [0.3, 0.4) is 0 Å². The molecule has 1 atom stereocenters. The molecule has 10 nitrogen and oxygen atoms in total. The van der Waals surface area contributed by atoms with Gasteiger partial charge in [-0.05, 0) is 73.6 Å². The molecule has 41 heavy (non-hydrogen) atoms. The molecule has 0 aromatic carbocycles. The monoisotopic (exact) mass is 588 g/mol. The summed E-state index contributed by atoms with van der Waals surface area (Å²) in [5.74, 6) is -1.02. The van der Waals surface area contributed by atoms with Crippen molar-refractivity contribution >= 4 is 24.1 Å². The second kappa shape index (κ2) is 24.1. The van der Waals surface area contributed by atoms with Gasteiger partial charge in [-0.25, -0.2) is 9.59 Å². The summed E-state index contributed by atoms with van der Waals surface area (Å²) in [7, 11) is 0. The Balaban J connectivity index is 0. The molecule has 0 radical (unpaired) electrons. The topological polar surface area (TPSA) is 140 Å². The lowest BCUT2D eigenvalue weighted by Crippen LogP contribution is -2.33. The van der Waals surface area contributed by atoms with Crippen LogP contribution < -0.4 is 10.6 Å². The molecule has 0 aliphatic heterocycles. The van der Waals surface area contributed by atoms with E-state index in [1.54, 1.807) is 20.8 Å². The zero-order chi connectivity index (χ0) is 31.7. The number of amides is 2. The van der Waals surface area contributed by atoms with E-state index in [1.807, 2.05) is 20.8 Å². The lowest BCUT2D eigenvalue weighted by atomic mass is 10.0. The first-order chi connectivity index (χ1) is 19.1. The Hall–Kier alpha value is -2.52. The van der Waals surface area contributed by atoms with Crippen LogP contribution in [0, 0.1) is 0 Å². The summed E-state index contributed by atoms with van der Waals surface area (Å²) >= 11 is 0. The number of ether oxygens (including phenoxy) is 3. The summed E-state index contributed by atoms with van der Waals surface area (Å²) in [6.07, 6.45) is 12.1.